The van der Waals surface area contributed by atoms with Gasteiger partial charge in [0.1, 0.15) is 10.3 Å². The van der Waals surface area contributed by atoms with Crippen molar-refractivity contribution in [2.24, 2.45) is 0 Å². The van der Waals surface area contributed by atoms with Crippen molar-refractivity contribution in [1.29, 1.82) is 0 Å². The van der Waals surface area contributed by atoms with Gasteiger partial charge in [-0.05, 0) is 29.8 Å². The van der Waals surface area contributed by atoms with E-state index in [-0.39, 0.29) is 11.6 Å². The van der Waals surface area contributed by atoms with Crippen LogP contribution in [0, 0.1) is 13.8 Å². The molecule has 0 aromatic carbocycles. The second-order valence-corrected chi connectivity index (χ2v) is 4.63. The molecule has 0 aliphatic carbocycles. The van der Waals surface area contributed by atoms with Crippen molar-refractivity contribution >= 4 is 21.8 Å². The molecule has 2 heterocycles. The summed E-state index contributed by atoms with van der Waals surface area (Å²) in [5.41, 5.74) is 3.12. The smallest absolute Gasteiger partial charge is 0.271 e. The molecule has 2 aromatic heterocycles. The molecule has 94 valence electrons. The number of H-pyrrole nitrogens is 1. The molecule has 0 aliphatic rings. The molecule has 7 heteroatoms. The number of rotatable bonds is 3. The van der Waals surface area contributed by atoms with Crippen LogP contribution in [0.15, 0.2) is 17.0 Å². The van der Waals surface area contributed by atoms with Gasteiger partial charge in [-0.1, -0.05) is 0 Å². The van der Waals surface area contributed by atoms with Crippen LogP contribution in [0.4, 0.5) is 0 Å². The average molecular weight is 310 g/mol. The molecule has 18 heavy (non-hydrogen) atoms. The summed E-state index contributed by atoms with van der Waals surface area (Å²) >= 11 is 3.17. The fraction of sp³-hybridized carbons (Fsp3) is 0.273. The summed E-state index contributed by atoms with van der Waals surface area (Å²) in [6.07, 6.45) is 2.91. The number of amides is 1. The highest BCUT2D eigenvalue weighted by atomic mass is 79.9. The molecule has 6 nitrogen and oxygen atoms in total. The van der Waals surface area contributed by atoms with Crippen LogP contribution < -0.4 is 5.32 Å². The van der Waals surface area contributed by atoms with Crippen molar-refractivity contribution in [2.75, 3.05) is 0 Å². The second-order valence-electron chi connectivity index (χ2n) is 3.82. The summed E-state index contributed by atoms with van der Waals surface area (Å²) in [7, 11) is 0. The molecule has 2 N–H and O–H groups in total. The first kappa shape index (κ1) is 12.7. The third-order valence-corrected chi connectivity index (χ3v) is 2.97. The normalized spacial score (nSPS) is 10.4. The quantitative estimate of drug-likeness (QED) is 0.900. The molecule has 0 fully saturated rings. The molecule has 0 aliphatic heterocycles. The molecule has 2 rings (SSSR count). The van der Waals surface area contributed by atoms with Gasteiger partial charge in [0.25, 0.3) is 5.91 Å². The zero-order valence-corrected chi connectivity index (χ0v) is 11.6. The molecule has 0 unspecified atom stereocenters. The van der Waals surface area contributed by atoms with Crippen LogP contribution in [0.2, 0.25) is 0 Å². The topological polar surface area (TPSA) is 83.6 Å². The Bertz CT molecular complexity index is 544. The van der Waals surface area contributed by atoms with Gasteiger partial charge in [-0.25, -0.2) is 9.97 Å². The number of nitrogens with zero attached hydrogens (tertiary/aromatic N) is 3. The Kier molecular flexibility index (Phi) is 3.71. The zero-order valence-electron chi connectivity index (χ0n) is 9.99. The minimum absolute atomic E-state index is 0.255. The lowest BCUT2D eigenvalue weighted by Gasteiger charge is -2.04. The molecular weight excluding hydrogens is 298 g/mol. The standard InChI is InChI=1S/C11H12BrN5O/c1-6-8(7(2)17-16-6)3-15-11(18)9-4-14-10(12)5-13-9/h4-5H,3H2,1-2H3,(H,15,18)(H,16,17). The molecular formula is C11H12BrN5O. The monoisotopic (exact) mass is 309 g/mol. The van der Waals surface area contributed by atoms with Crippen LogP contribution in [0.3, 0.4) is 0 Å². The third-order valence-electron chi connectivity index (χ3n) is 2.56. The van der Waals surface area contributed by atoms with E-state index >= 15 is 0 Å². The maximum Gasteiger partial charge on any atom is 0.271 e. The van der Waals surface area contributed by atoms with E-state index in [1.54, 1.807) is 0 Å². The molecule has 0 atom stereocenters. The van der Waals surface area contributed by atoms with Crippen LogP contribution >= 0.6 is 15.9 Å². The average Bonchev–Trinajstić information content (AvgIpc) is 2.67. The van der Waals surface area contributed by atoms with Crippen LogP contribution in [0.5, 0.6) is 0 Å². The van der Waals surface area contributed by atoms with Crippen molar-refractivity contribution in [3.63, 3.8) is 0 Å². The summed E-state index contributed by atoms with van der Waals surface area (Å²) in [6, 6.07) is 0. The molecule has 0 radical (unpaired) electrons. The van der Waals surface area contributed by atoms with E-state index in [4.69, 9.17) is 0 Å². The van der Waals surface area contributed by atoms with E-state index in [1.807, 2.05) is 13.8 Å². The predicted molar refractivity (Wildman–Crippen MR) is 69.0 cm³/mol. The van der Waals surface area contributed by atoms with Gasteiger partial charge in [0.2, 0.25) is 0 Å². The Labute approximate surface area is 112 Å². The number of aromatic nitrogens is 4. The van der Waals surface area contributed by atoms with Gasteiger partial charge in [0, 0.05) is 17.8 Å². The number of nitrogens with one attached hydrogen (secondary N) is 2. The minimum atomic E-state index is -0.255. The van der Waals surface area contributed by atoms with E-state index in [0.717, 1.165) is 17.0 Å². The Morgan fingerprint density at radius 2 is 2.17 bits per heavy atom. The van der Waals surface area contributed by atoms with E-state index in [1.165, 1.54) is 12.4 Å². The second kappa shape index (κ2) is 5.26. The predicted octanol–water partition coefficient (Wildman–Crippen LogP) is 1.51. The first-order valence-corrected chi connectivity index (χ1v) is 6.13. The van der Waals surface area contributed by atoms with Crippen LogP contribution in [0.1, 0.15) is 27.4 Å². The molecule has 0 saturated carbocycles. The van der Waals surface area contributed by atoms with E-state index < -0.39 is 0 Å². The van der Waals surface area contributed by atoms with Gasteiger partial charge in [-0.3, -0.25) is 9.89 Å². The fourth-order valence-electron chi connectivity index (χ4n) is 1.52. The molecule has 1 amide bonds. The van der Waals surface area contributed by atoms with Gasteiger partial charge in [0.15, 0.2) is 0 Å². The lowest BCUT2D eigenvalue weighted by molar-refractivity contribution is 0.0945. The maximum absolute atomic E-state index is 11.8. The Balaban J connectivity index is 2.03. The zero-order chi connectivity index (χ0) is 13.1. The summed E-state index contributed by atoms with van der Waals surface area (Å²) in [5.74, 6) is -0.255. The van der Waals surface area contributed by atoms with Gasteiger partial charge in [-0.15, -0.1) is 0 Å². The van der Waals surface area contributed by atoms with Gasteiger partial charge in [-0.2, -0.15) is 5.10 Å². The Hall–Kier alpha value is -1.76. The SMILES string of the molecule is Cc1n[nH]c(C)c1CNC(=O)c1cnc(Br)cn1. The van der Waals surface area contributed by atoms with Crippen molar-refractivity contribution in [3.8, 4) is 0 Å². The summed E-state index contributed by atoms with van der Waals surface area (Å²) in [5, 5.41) is 9.73. The van der Waals surface area contributed by atoms with Gasteiger partial charge in [0.05, 0.1) is 18.1 Å². The number of hydrogen-bond acceptors (Lipinski definition) is 4. The lowest BCUT2D eigenvalue weighted by atomic mass is 10.2. The summed E-state index contributed by atoms with van der Waals surface area (Å²) in [6.45, 7) is 4.23. The van der Waals surface area contributed by atoms with Crippen molar-refractivity contribution in [1.82, 2.24) is 25.5 Å². The highest BCUT2D eigenvalue weighted by molar-refractivity contribution is 9.10. The van der Waals surface area contributed by atoms with Crippen molar-refractivity contribution in [3.05, 3.63) is 39.6 Å². The summed E-state index contributed by atoms with van der Waals surface area (Å²) in [4.78, 5) is 19.7. The number of aryl methyl sites for hydroxylation is 2. The van der Waals surface area contributed by atoms with E-state index in [9.17, 15) is 4.79 Å². The molecule has 0 bridgehead atoms. The van der Waals surface area contributed by atoms with E-state index in [2.05, 4.69) is 41.4 Å². The highest BCUT2D eigenvalue weighted by Gasteiger charge is 2.10. The maximum atomic E-state index is 11.8. The first-order valence-electron chi connectivity index (χ1n) is 5.34. The number of halogens is 1. The van der Waals surface area contributed by atoms with Gasteiger partial charge < -0.3 is 5.32 Å². The molecule has 2 aromatic rings. The Morgan fingerprint density at radius 1 is 1.39 bits per heavy atom. The first-order chi connectivity index (χ1) is 8.58. The van der Waals surface area contributed by atoms with Crippen LogP contribution in [-0.4, -0.2) is 26.1 Å². The van der Waals surface area contributed by atoms with Crippen LogP contribution in [0.25, 0.3) is 0 Å². The van der Waals surface area contributed by atoms with Crippen LogP contribution in [-0.2, 0) is 6.54 Å². The largest absolute Gasteiger partial charge is 0.346 e. The van der Waals surface area contributed by atoms with Crippen molar-refractivity contribution in [2.45, 2.75) is 20.4 Å². The molecule has 0 spiro atoms. The minimum Gasteiger partial charge on any atom is -0.346 e. The number of aromatic amines is 1. The number of hydrogen-bond donors (Lipinski definition) is 2. The van der Waals surface area contributed by atoms with E-state index in [0.29, 0.717) is 11.1 Å². The highest BCUT2D eigenvalue weighted by Crippen LogP contribution is 2.09. The summed E-state index contributed by atoms with van der Waals surface area (Å²) < 4.78 is 0.598. The van der Waals surface area contributed by atoms with Gasteiger partial charge >= 0.3 is 0 Å². The van der Waals surface area contributed by atoms with Crippen molar-refractivity contribution < 1.29 is 4.79 Å². The number of carbonyl (C=O) groups is 1. The lowest BCUT2D eigenvalue weighted by Crippen LogP contribution is -2.24. The third kappa shape index (κ3) is 2.73. The fourth-order valence-corrected chi connectivity index (χ4v) is 1.73. The Morgan fingerprint density at radius 3 is 2.72 bits per heavy atom. The number of carbonyl (C=O) groups excluding carboxylic acids is 1. The molecule has 0 saturated heterocycles.